The van der Waals surface area contributed by atoms with Crippen LogP contribution in [-0.4, -0.2) is 17.1 Å². The minimum Gasteiger partial charge on any atom is -0.411 e. The number of hydrogen-bond acceptors (Lipinski definition) is 4. The summed E-state index contributed by atoms with van der Waals surface area (Å²) in [5.74, 6) is 5.10. The number of halogens is 1. The minimum atomic E-state index is 0.426. The predicted octanol–water partition coefficient (Wildman–Crippen LogP) is 1.57. The third-order valence-electron chi connectivity index (χ3n) is 1.46. The standard InChI is InChI=1S/C8H8BrN3O/c9-7-3-1-6(2-4-7)8(12-10)5-11-13/h1-5,13H,10H2/b11-5+,12-8+. The van der Waals surface area contributed by atoms with E-state index in [1.165, 1.54) is 6.21 Å². The van der Waals surface area contributed by atoms with Crippen LogP contribution < -0.4 is 5.84 Å². The number of benzene rings is 1. The lowest BCUT2D eigenvalue weighted by Gasteiger charge is -1.98. The molecule has 1 rings (SSSR count). The van der Waals surface area contributed by atoms with Gasteiger partial charge in [0.25, 0.3) is 0 Å². The summed E-state index contributed by atoms with van der Waals surface area (Å²) in [6.45, 7) is 0. The van der Waals surface area contributed by atoms with Crippen LogP contribution in [0.2, 0.25) is 0 Å². The molecule has 0 aliphatic carbocycles. The highest BCUT2D eigenvalue weighted by molar-refractivity contribution is 9.10. The Morgan fingerprint density at radius 1 is 1.38 bits per heavy atom. The van der Waals surface area contributed by atoms with E-state index in [9.17, 15) is 0 Å². The minimum absolute atomic E-state index is 0.426. The summed E-state index contributed by atoms with van der Waals surface area (Å²) >= 11 is 3.30. The molecule has 0 spiro atoms. The Balaban J connectivity index is 3.00. The number of hydrazone groups is 1. The Bertz CT molecular complexity index is 332. The molecule has 0 heterocycles. The fourth-order valence-electron chi connectivity index (χ4n) is 0.858. The van der Waals surface area contributed by atoms with Gasteiger partial charge in [0, 0.05) is 10.0 Å². The lowest BCUT2D eigenvalue weighted by Crippen LogP contribution is -2.05. The van der Waals surface area contributed by atoms with Crippen molar-refractivity contribution in [1.29, 1.82) is 0 Å². The first-order chi connectivity index (χ1) is 6.27. The molecule has 0 aliphatic heterocycles. The van der Waals surface area contributed by atoms with Gasteiger partial charge in [0.1, 0.15) is 5.71 Å². The van der Waals surface area contributed by atoms with Gasteiger partial charge in [-0.05, 0) is 12.1 Å². The molecule has 3 N–H and O–H groups in total. The first-order valence-corrected chi connectivity index (χ1v) is 4.28. The molecule has 0 saturated carbocycles. The predicted molar refractivity (Wildman–Crippen MR) is 55.1 cm³/mol. The lowest BCUT2D eigenvalue weighted by atomic mass is 10.1. The fourth-order valence-corrected chi connectivity index (χ4v) is 1.12. The highest BCUT2D eigenvalue weighted by atomic mass is 79.9. The zero-order valence-corrected chi connectivity index (χ0v) is 8.27. The van der Waals surface area contributed by atoms with Crippen molar-refractivity contribution >= 4 is 27.9 Å². The molecular weight excluding hydrogens is 234 g/mol. The highest BCUT2D eigenvalue weighted by Gasteiger charge is 1.99. The van der Waals surface area contributed by atoms with E-state index in [2.05, 4.69) is 26.2 Å². The quantitative estimate of drug-likeness (QED) is 0.357. The maximum atomic E-state index is 8.31. The van der Waals surface area contributed by atoms with Crippen molar-refractivity contribution in [3.8, 4) is 0 Å². The molecule has 0 aliphatic rings. The monoisotopic (exact) mass is 241 g/mol. The van der Waals surface area contributed by atoms with Gasteiger partial charge in [-0.2, -0.15) is 5.10 Å². The molecule has 0 bridgehead atoms. The summed E-state index contributed by atoms with van der Waals surface area (Å²) in [6, 6.07) is 7.34. The molecule has 0 saturated heterocycles. The molecule has 13 heavy (non-hydrogen) atoms. The summed E-state index contributed by atoms with van der Waals surface area (Å²) in [6.07, 6.45) is 1.18. The van der Waals surface area contributed by atoms with Crippen LogP contribution in [0, 0.1) is 0 Å². The van der Waals surface area contributed by atoms with Crippen molar-refractivity contribution in [3.63, 3.8) is 0 Å². The van der Waals surface area contributed by atoms with Gasteiger partial charge in [-0.15, -0.1) is 0 Å². The average Bonchev–Trinajstić information content (AvgIpc) is 2.16. The van der Waals surface area contributed by atoms with Crippen molar-refractivity contribution < 1.29 is 5.21 Å². The summed E-state index contributed by atoms with van der Waals surface area (Å²) in [5.41, 5.74) is 1.22. The SMILES string of the molecule is N/N=C(\C=N\O)c1ccc(Br)cc1. The van der Waals surface area contributed by atoms with E-state index in [0.717, 1.165) is 10.0 Å². The van der Waals surface area contributed by atoms with Crippen molar-refractivity contribution in [2.75, 3.05) is 0 Å². The second-order valence-corrected chi connectivity index (χ2v) is 3.18. The van der Waals surface area contributed by atoms with E-state index in [4.69, 9.17) is 11.0 Å². The third-order valence-corrected chi connectivity index (χ3v) is 1.99. The normalized spacial score (nSPS) is 12.2. The van der Waals surface area contributed by atoms with E-state index in [1.54, 1.807) is 0 Å². The molecule has 0 radical (unpaired) electrons. The van der Waals surface area contributed by atoms with Crippen molar-refractivity contribution in [1.82, 2.24) is 0 Å². The highest BCUT2D eigenvalue weighted by Crippen LogP contribution is 2.10. The second kappa shape index (κ2) is 4.61. The maximum absolute atomic E-state index is 8.31. The van der Waals surface area contributed by atoms with Crippen molar-refractivity contribution in [3.05, 3.63) is 34.3 Å². The van der Waals surface area contributed by atoms with Crippen LogP contribution in [0.3, 0.4) is 0 Å². The molecule has 5 heteroatoms. The van der Waals surface area contributed by atoms with Gasteiger partial charge in [0.15, 0.2) is 0 Å². The van der Waals surface area contributed by atoms with E-state index < -0.39 is 0 Å². The van der Waals surface area contributed by atoms with Crippen molar-refractivity contribution in [2.45, 2.75) is 0 Å². The van der Waals surface area contributed by atoms with E-state index in [-0.39, 0.29) is 0 Å². The summed E-state index contributed by atoms with van der Waals surface area (Å²) in [5, 5.41) is 14.6. The lowest BCUT2D eigenvalue weighted by molar-refractivity contribution is 0.322. The molecule has 0 amide bonds. The van der Waals surface area contributed by atoms with Gasteiger partial charge < -0.3 is 11.0 Å². The first kappa shape index (κ1) is 9.73. The number of oxime groups is 1. The Labute approximate surface area is 83.9 Å². The first-order valence-electron chi connectivity index (χ1n) is 3.49. The fraction of sp³-hybridized carbons (Fsp3) is 0. The van der Waals surface area contributed by atoms with Crippen LogP contribution in [-0.2, 0) is 0 Å². The van der Waals surface area contributed by atoms with Gasteiger partial charge in [0.05, 0.1) is 6.21 Å². The van der Waals surface area contributed by atoms with Crippen LogP contribution in [0.4, 0.5) is 0 Å². The van der Waals surface area contributed by atoms with Gasteiger partial charge in [-0.25, -0.2) is 0 Å². The summed E-state index contributed by atoms with van der Waals surface area (Å²) in [4.78, 5) is 0. The summed E-state index contributed by atoms with van der Waals surface area (Å²) < 4.78 is 0.966. The van der Waals surface area contributed by atoms with E-state index in [1.807, 2.05) is 24.3 Å². The molecular formula is C8H8BrN3O. The Kier molecular flexibility index (Phi) is 3.45. The number of rotatable bonds is 2. The molecule has 1 aromatic rings. The molecule has 0 atom stereocenters. The van der Waals surface area contributed by atoms with Gasteiger partial charge in [-0.1, -0.05) is 33.2 Å². The average molecular weight is 242 g/mol. The molecule has 1 aromatic carbocycles. The smallest absolute Gasteiger partial charge is 0.111 e. The largest absolute Gasteiger partial charge is 0.411 e. The molecule has 0 fully saturated rings. The van der Waals surface area contributed by atoms with Gasteiger partial charge >= 0.3 is 0 Å². The summed E-state index contributed by atoms with van der Waals surface area (Å²) in [7, 11) is 0. The molecule has 4 nitrogen and oxygen atoms in total. The van der Waals surface area contributed by atoms with Crippen LogP contribution in [0.5, 0.6) is 0 Å². The maximum Gasteiger partial charge on any atom is 0.111 e. The molecule has 68 valence electrons. The van der Waals surface area contributed by atoms with Crippen LogP contribution in [0.1, 0.15) is 5.56 Å². The Morgan fingerprint density at radius 2 is 2.00 bits per heavy atom. The number of hydrogen-bond donors (Lipinski definition) is 2. The number of nitrogens with two attached hydrogens (primary N) is 1. The van der Waals surface area contributed by atoms with Gasteiger partial charge in [0.2, 0.25) is 0 Å². The Hall–Kier alpha value is -1.36. The van der Waals surface area contributed by atoms with E-state index >= 15 is 0 Å². The van der Waals surface area contributed by atoms with Crippen LogP contribution in [0.25, 0.3) is 0 Å². The van der Waals surface area contributed by atoms with Crippen molar-refractivity contribution in [2.24, 2.45) is 16.1 Å². The van der Waals surface area contributed by atoms with Crippen LogP contribution >= 0.6 is 15.9 Å². The zero-order chi connectivity index (χ0) is 9.68. The molecule has 0 unspecified atom stereocenters. The number of nitrogens with zero attached hydrogens (tertiary/aromatic N) is 2. The molecule has 0 aromatic heterocycles. The zero-order valence-electron chi connectivity index (χ0n) is 6.68. The third kappa shape index (κ3) is 2.55. The second-order valence-electron chi connectivity index (χ2n) is 2.27. The van der Waals surface area contributed by atoms with Crippen LogP contribution in [0.15, 0.2) is 39.0 Å². The van der Waals surface area contributed by atoms with E-state index in [0.29, 0.717) is 5.71 Å². The Morgan fingerprint density at radius 3 is 2.46 bits per heavy atom. The van der Waals surface area contributed by atoms with Gasteiger partial charge in [-0.3, -0.25) is 0 Å². The topological polar surface area (TPSA) is 71.0 Å².